The first-order chi connectivity index (χ1) is 21.6. The van der Waals surface area contributed by atoms with Crippen molar-refractivity contribution in [1.29, 1.82) is 0 Å². The van der Waals surface area contributed by atoms with Crippen molar-refractivity contribution in [3.63, 3.8) is 0 Å². The Kier molecular flexibility index (Phi) is 11.0. The van der Waals surface area contributed by atoms with Crippen LogP contribution in [-0.4, -0.2) is 63.1 Å². The lowest BCUT2D eigenvalue weighted by Gasteiger charge is -2.43. The van der Waals surface area contributed by atoms with Crippen LogP contribution in [0.4, 0.5) is 5.69 Å². The van der Waals surface area contributed by atoms with E-state index in [1.54, 1.807) is 24.8 Å². The van der Waals surface area contributed by atoms with Gasteiger partial charge >= 0.3 is 11.9 Å². The summed E-state index contributed by atoms with van der Waals surface area (Å²) in [5, 5.41) is 31.9. The second-order valence-corrected chi connectivity index (χ2v) is 11.9. The van der Waals surface area contributed by atoms with E-state index >= 15 is 0 Å². The van der Waals surface area contributed by atoms with E-state index in [1.165, 1.54) is 29.3 Å². The average molecular weight is 646 g/mol. The fraction of sp³-hybridized carbons (Fsp3) is 0.333. The summed E-state index contributed by atoms with van der Waals surface area (Å²) >= 11 is 0. The van der Waals surface area contributed by atoms with Crippen LogP contribution in [0.1, 0.15) is 62.1 Å². The van der Waals surface area contributed by atoms with E-state index in [0.29, 0.717) is 17.9 Å². The van der Waals surface area contributed by atoms with E-state index < -0.39 is 22.8 Å². The number of hydrogen-bond acceptors (Lipinski definition) is 6. The normalized spacial score (nSPS) is 17.0. The Bertz CT molecular complexity index is 1550. The van der Waals surface area contributed by atoms with Crippen LogP contribution in [0.2, 0.25) is 0 Å². The van der Waals surface area contributed by atoms with Crippen LogP contribution in [0.25, 0.3) is 0 Å². The molecule has 5 rings (SSSR count). The number of piperidine rings is 1. The minimum absolute atomic E-state index is 0. The second-order valence-electron chi connectivity index (χ2n) is 11.9. The van der Waals surface area contributed by atoms with Crippen LogP contribution >= 0.6 is 12.4 Å². The molecule has 2 aliphatic rings. The van der Waals surface area contributed by atoms with Crippen LogP contribution in [0, 0.1) is 10.1 Å². The summed E-state index contributed by atoms with van der Waals surface area (Å²) in [4.78, 5) is 40.2. The standard InChI is InChI=1S/C36H39N3O6.ClH/c1-25-31(34(40)41)33(27-12-11-17-30(24-27)39(44)45)32(35(42)43)26(2)38(25)21-10-9-20-37-22-18-36(19-23-37,28-13-5-3-6-14-28)29-15-7-4-8-16-29;/h3-8,11-17,24,33H,9-10,18-23H2,1-2H3,(H,40,41)(H,42,43);1H. The number of benzene rings is 3. The predicted molar refractivity (Wildman–Crippen MR) is 179 cm³/mol. The molecular weight excluding hydrogens is 606 g/mol. The van der Waals surface area contributed by atoms with E-state index in [9.17, 15) is 29.9 Å². The van der Waals surface area contributed by atoms with Gasteiger partial charge in [0.1, 0.15) is 0 Å². The van der Waals surface area contributed by atoms with E-state index in [0.717, 1.165) is 45.3 Å². The zero-order valence-corrected chi connectivity index (χ0v) is 26.9. The monoisotopic (exact) mass is 645 g/mol. The number of nitro benzene ring substituents is 1. The molecule has 0 spiro atoms. The van der Waals surface area contributed by atoms with Gasteiger partial charge in [-0.2, -0.15) is 0 Å². The molecule has 2 aliphatic heterocycles. The van der Waals surface area contributed by atoms with Gasteiger partial charge in [-0.1, -0.05) is 72.8 Å². The van der Waals surface area contributed by atoms with Gasteiger partial charge in [0.25, 0.3) is 5.69 Å². The number of unbranched alkanes of at least 4 members (excludes halogenated alkanes) is 1. The molecule has 3 aromatic rings. The number of nitro groups is 1. The predicted octanol–water partition coefficient (Wildman–Crippen LogP) is 7.00. The zero-order valence-electron chi connectivity index (χ0n) is 26.1. The van der Waals surface area contributed by atoms with E-state index in [-0.39, 0.29) is 40.2 Å². The number of halogens is 1. The van der Waals surface area contributed by atoms with Crippen molar-refractivity contribution in [3.8, 4) is 0 Å². The van der Waals surface area contributed by atoms with Crippen molar-refractivity contribution < 1.29 is 24.7 Å². The molecule has 2 N–H and O–H groups in total. The fourth-order valence-electron chi connectivity index (χ4n) is 7.17. The first-order valence-electron chi connectivity index (χ1n) is 15.4. The molecule has 1 fully saturated rings. The molecule has 0 bridgehead atoms. The summed E-state index contributed by atoms with van der Waals surface area (Å²) < 4.78 is 0. The Morgan fingerprint density at radius 2 is 1.30 bits per heavy atom. The number of carbonyl (C=O) groups is 2. The Labute approximate surface area is 275 Å². The Hall–Kier alpha value is -4.47. The molecule has 0 radical (unpaired) electrons. The van der Waals surface area contributed by atoms with E-state index in [2.05, 4.69) is 65.6 Å². The number of carboxylic acids is 2. The molecule has 242 valence electrons. The number of rotatable bonds is 11. The lowest BCUT2D eigenvalue weighted by molar-refractivity contribution is -0.384. The van der Waals surface area contributed by atoms with Crippen LogP contribution in [0.15, 0.2) is 107 Å². The summed E-state index contributed by atoms with van der Waals surface area (Å²) in [6, 6.07) is 27.0. The lowest BCUT2D eigenvalue weighted by Crippen LogP contribution is -2.43. The number of allylic oxidation sites excluding steroid dienone is 2. The molecule has 9 nitrogen and oxygen atoms in total. The van der Waals surface area contributed by atoms with Gasteiger partial charge in [-0.3, -0.25) is 10.1 Å². The molecular formula is C36H40ClN3O6. The Balaban J connectivity index is 0.00000480. The molecule has 0 saturated carbocycles. The number of nitrogens with zero attached hydrogens (tertiary/aromatic N) is 3. The highest BCUT2D eigenvalue weighted by atomic mass is 35.5. The maximum atomic E-state index is 12.5. The van der Waals surface area contributed by atoms with Crippen molar-refractivity contribution in [3.05, 3.63) is 134 Å². The Morgan fingerprint density at radius 1 is 0.804 bits per heavy atom. The van der Waals surface area contributed by atoms with E-state index in [4.69, 9.17) is 0 Å². The molecule has 2 heterocycles. The first-order valence-corrected chi connectivity index (χ1v) is 15.4. The third-order valence-corrected chi connectivity index (χ3v) is 9.51. The maximum absolute atomic E-state index is 12.5. The molecule has 1 saturated heterocycles. The van der Waals surface area contributed by atoms with Gasteiger partial charge in [-0.05, 0) is 75.9 Å². The SMILES string of the molecule is CC1=C(C(=O)O)C(c2cccc([N+](=O)[O-])c2)C(C(=O)O)=C(C)N1CCCCN1CCC(c2ccccc2)(c2ccccc2)CC1.Cl. The minimum Gasteiger partial charge on any atom is -0.478 e. The smallest absolute Gasteiger partial charge is 0.334 e. The topological polar surface area (TPSA) is 124 Å². The summed E-state index contributed by atoms with van der Waals surface area (Å²) in [5.74, 6) is -3.61. The molecule has 0 aliphatic carbocycles. The lowest BCUT2D eigenvalue weighted by atomic mass is 9.68. The number of aliphatic carboxylic acids is 2. The van der Waals surface area contributed by atoms with Crippen molar-refractivity contribution in [1.82, 2.24) is 9.80 Å². The van der Waals surface area contributed by atoms with Crippen molar-refractivity contribution in [2.24, 2.45) is 0 Å². The molecule has 0 aromatic heterocycles. The van der Waals surface area contributed by atoms with Gasteiger partial charge < -0.3 is 20.0 Å². The summed E-state index contributed by atoms with van der Waals surface area (Å²) in [5.41, 5.74) is 3.47. The first kappa shape index (κ1) is 34.4. The van der Waals surface area contributed by atoms with Gasteiger partial charge in [-0.15, -0.1) is 12.4 Å². The summed E-state index contributed by atoms with van der Waals surface area (Å²) in [6.07, 6.45) is 3.65. The maximum Gasteiger partial charge on any atom is 0.334 e. The largest absolute Gasteiger partial charge is 0.478 e. The Morgan fingerprint density at radius 3 is 1.78 bits per heavy atom. The van der Waals surface area contributed by atoms with Gasteiger partial charge in [-0.25, -0.2) is 9.59 Å². The number of likely N-dealkylation sites (tertiary alicyclic amines) is 1. The quantitative estimate of drug-likeness (QED) is 0.130. The van der Waals surface area contributed by atoms with Crippen LogP contribution in [-0.2, 0) is 15.0 Å². The van der Waals surface area contributed by atoms with Crippen molar-refractivity contribution >= 4 is 30.0 Å². The molecule has 0 unspecified atom stereocenters. The molecule has 0 atom stereocenters. The molecule has 3 aromatic carbocycles. The second kappa shape index (κ2) is 14.7. The van der Waals surface area contributed by atoms with Crippen molar-refractivity contribution in [2.45, 2.75) is 50.9 Å². The molecule has 0 amide bonds. The van der Waals surface area contributed by atoms with Crippen molar-refractivity contribution in [2.75, 3.05) is 26.2 Å². The summed E-state index contributed by atoms with van der Waals surface area (Å²) in [6.45, 7) is 6.66. The van der Waals surface area contributed by atoms with Crippen LogP contribution in [0.3, 0.4) is 0 Å². The van der Waals surface area contributed by atoms with Gasteiger partial charge in [0.05, 0.1) is 22.0 Å². The highest BCUT2D eigenvalue weighted by Crippen LogP contribution is 2.44. The highest BCUT2D eigenvalue weighted by molar-refractivity contribution is 5.98. The third-order valence-electron chi connectivity index (χ3n) is 9.51. The minimum atomic E-state index is -1.24. The zero-order chi connectivity index (χ0) is 32.1. The number of carboxylic acid groups (broad SMARTS) is 2. The van der Waals surface area contributed by atoms with Gasteiger partial charge in [0.15, 0.2) is 0 Å². The number of non-ortho nitro benzene ring substituents is 1. The highest BCUT2D eigenvalue weighted by Gasteiger charge is 2.40. The molecule has 10 heteroatoms. The number of hydrogen-bond donors (Lipinski definition) is 2. The third kappa shape index (κ3) is 6.85. The van der Waals surface area contributed by atoms with Crippen LogP contribution < -0.4 is 0 Å². The molecule has 46 heavy (non-hydrogen) atoms. The van der Waals surface area contributed by atoms with Crippen LogP contribution in [0.5, 0.6) is 0 Å². The van der Waals surface area contributed by atoms with Gasteiger partial charge in [0, 0.05) is 35.5 Å². The fourth-order valence-corrected chi connectivity index (χ4v) is 7.17. The average Bonchev–Trinajstić information content (AvgIpc) is 3.04. The van der Waals surface area contributed by atoms with E-state index in [1.807, 2.05) is 0 Å². The van der Waals surface area contributed by atoms with Gasteiger partial charge in [0.2, 0.25) is 0 Å². The summed E-state index contributed by atoms with van der Waals surface area (Å²) in [7, 11) is 0.